The topological polar surface area (TPSA) is 84.5 Å². The fourth-order valence-electron chi connectivity index (χ4n) is 3.09. The SMILES string of the molecule is O=C(CCNS(=O)(=O)c1cccc(Cl)c1)Nc1cccc(OC2CCCC2)c1. The lowest BCUT2D eigenvalue weighted by Crippen LogP contribution is -2.27. The molecule has 0 unspecified atom stereocenters. The number of benzene rings is 2. The Balaban J connectivity index is 1.49. The van der Waals surface area contributed by atoms with Crippen LogP contribution in [-0.4, -0.2) is 27.0 Å². The van der Waals surface area contributed by atoms with Crippen LogP contribution < -0.4 is 14.8 Å². The molecule has 2 N–H and O–H groups in total. The minimum atomic E-state index is -3.71. The largest absolute Gasteiger partial charge is 0.490 e. The summed E-state index contributed by atoms with van der Waals surface area (Å²) in [7, 11) is -3.71. The van der Waals surface area contributed by atoms with Crippen LogP contribution in [0.4, 0.5) is 5.69 Å². The number of hydrogen-bond acceptors (Lipinski definition) is 4. The maximum atomic E-state index is 12.2. The van der Waals surface area contributed by atoms with E-state index in [0.717, 1.165) is 18.6 Å². The molecule has 28 heavy (non-hydrogen) atoms. The van der Waals surface area contributed by atoms with Crippen LogP contribution >= 0.6 is 11.6 Å². The third-order valence-electron chi connectivity index (χ3n) is 4.47. The van der Waals surface area contributed by atoms with Gasteiger partial charge in [0.05, 0.1) is 11.0 Å². The second-order valence-corrected chi connectivity index (χ2v) is 8.91. The maximum absolute atomic E-state index is 12.2. The average molecular weight is 423 g/mol. The van der Waals surface area contributed by atoms with Gasteiger partial charge in [-0.1, -0.05) is 23.7 Å². The van der Waals surface area contributed by atoms with Gasteiger partial charge in [-0.25, -0.2) is 13.1 Å². The van der Waals surface area contributed by atoms with E-state index in [1.54, 1.807) is 24.3 Å². The molecule has 2 aromatic carbocycles. The van der Waals surface area contributed by atoms with Gasteiger partial charge < -0.3 is 10.1 Å². The molecule has 0 atom stereocenters. The van der Waals surface area contributed by atoms with E-state index in [2.05, 4.69) is 10.0 Å². The van der Waals surface area contributed by atoms with Crippen molar-refractivity contribution in [3.8, 4) is 5.75 Å². The Hall–Kier alpha value is -2.09. The predicted octanol–water partition coefficient (Wildman–Crippen LogP) is 3.97. The molecule has 0 aliphatic heterocycles. The summed E-state index contributed by atoms with van der Waals surface area (Å²) in [6.45, 7) is -0.0149. The van der Waals surface area contributed by atoms with Crippen LogP contribution in [0.5, 0.6) is 5.75 Å². The summed E-state index contributed by atoms with van der Waals surface area (Å²) >= 11 is 5.83. The van der Waals surface area contributed by atoms with E-state index < -0.39 is 10.0 Å². The Morgan fingerprint density at radius 1 is 1.11 bits per heavy atom. The Kier molecular flexibility index (Phi) is 6.93. The van der Waals surface area contributed by atoms with Crippen molar-refractivity contribution in [1.82, 2.24) is 4.72 Å². The first kappa shape index (κ1) is 20.6. The second kappa shape index (κ2) is 9.41. The summed E-state index contributed by atoms with van der Waals surface area (Å²) in [5, 5.41) is 3.10. The number of ether oxygens (including phenoxy) is 1. The van der Waals surface area contributed by atoms with Gasteiger partial charge in [0.25, 0.3) is 0 Å². The summed E-state index contributed by atoms with van der Waals surface area (Å²) in [6, 6.07) is 13.2. The van der Waals surface area contributed by atoms with Crippen molar-refractivity contribution in [2.75, 3.05) is 11.9 Å². The zero-order chi connectivity index (χ0) is 20.0. The first-order valence-electron chi connectivity index (χ1n) is 9.24. The smallest absolute Gasteiger partial charge is 0.240 e. The van der Waals surface area contributed by atoms with Crippen LogP contribution in [0.25, 0.3) is 0 Å². The zero-order valence-corrected chi connectivity index (χ0v) is 16.9. The molecule has 8 heteroatoms. The Morgan fingerprint density at radius 2 is 1.86 bits per heavy atom. The third kappa shape index (κ3) is 5.95. The summed E-state index contributed by atoms with van der Waals surface area (Å²) in [5.41, 5.74) is 0.623. The molecule has 0 bridgehead atoms. The number of carbonyl (C=O) groups excluding carboxylic acids is 1. The lowest BCUT2D eigenvalue weighted by Gasteiger charge is -2.14. The van der Waals surface area contributed by atoms with Crippen molar-refractivity contribution in [2.45, 2.75) is 43.1 Å². The summed E-state index contributed by atoms with van der Waals surface area (Å²) in [4.78, 5) is 12.2. The molecule has 0 spiro atoms. The lowest BCUT2D eigenvalue weighted by molar-refractivity contribution is -0.116. The van der Waals surface area contributed by atoms with Crippen LogP contribution in [0.1, 0.15) is 32.1 Å². The molecule has 0 heterocycles. The molecule has 1 fully saturated rings. The molecule has 0 saturated heterocycles. The molecule has 1 saturated carbocycles. The van der Waals surface area contributed by atoms with E-state index >= 15 is 0 Å². The fourth-order valence-corrected chi connectivity index (χ4v) is 4.42. The first-order chi connectivity index (χ1) is 13.4. The molecule has 150 valence electrons. The van der Waals surface area contributed by atoms with Gasteiger partial charge >= 0.3 is 0 Å². The van der Waals surface area contributed by atoms with Crippen molar-refractivity contribution in [3.63, 3.8) is 0 Å². The number of amides is 1. The molecule has 3 rings (SSSR count). The van der Waals surface area contributed by atoms with Crippen molar-refractivity contribution in [3.05, 3.63) is 53.6 Å². The van der Waals surface area contributed by atoms with Crippen LogP contribution in [0.3, 0.4) is 0 Å². The number of anilines is 1. The molecular weight excluding hydrogens is 400 g/mol. The van der Waals surface area contributed by atoms with Crippen LogP contribution in [0.2, 0.25) is 5.02 Å². The quantitative estimate of drug-likeness (QED) is 0.674. The van der Waals surface area contributed by atoms with Crippen molar-refractivity contribution >= 4 is 33.2 Å². The summed E-state index contributed by atoms with van der Waals surface area (Å²) in [5.74, 6) is 0.443. The van der Waals surface area contributed by atoms with Gasteiger partial charge in [-0.2, -0.15) is 0 Å². The van der Waals surface area contributed by atoms with Gasteiger partial charge in [-0.3, -0.25) is 4.79 Å². The van der Waals surface area contributed by atoms with Gasteiger partial charge in [-0.05, 0) is 56.0 Å². The van der Waals surface area contributed by atoms with E-state index in [-0.39, 0.29) is 29.9 Å². The van der Waals surface area contributed by atoms with E-state index in [4.69, 9.17) is 16.3 Å². The second-order valence-electron chi connectivity index (χ2n) is 6.71. The molecule has 1 amide bonds. The Labute approximate surface area is 170 Å². The molecule has 1 aliphatic carbocycles. The maximum Gasteiger partial charge on any atom is 0.240 e. The lowest BCUT2D eigenvalue weighted by atomic mass is 10.2. The molecule has 0 aromatic heterocycles. The minimum absolute atomic E-state index is 0.00745. The number of rotatable bonds is 8. The molecular formula is C20H23ClN2O4S. The van der Waals surface area contributed by atoms with Crippen LogP contribution in [0, 0.1) is 0 Å². The number of halogens is 1. The fraction of sp³-hybridized carbons (Fsp3) is 0.350. The average Bonchev–Trinajstić information content (AvgIpc) is 3.15. The summed E-state index contributed by atoms with van der Waals surface area (Å²) in [6.07, 6.45) is 4.74. The number of carbonyl (C=O) groups is 1. The standard InChI is InChI=1S/C20H23ClN2O4S/c21-15-5-3-10-19(13-15)28(25,26)22-12-11-20(24)23-16-6-4-9-18(14-16)27-17-7-1-2-8-17/h3-6,9-10,13-14,17,22H,1-2,7-8,11-12H2,(H,23,24). The van der Waals surface area contributed by atoms with Crippen LogP contribution in [-0.2, 0) is 14.8 Å². The molecule has 0 radical (unpaired) electrons. The number of nitrogens with one attached hydrogen (secondary N) is 2. The van der Waals surface area contributed by atoms with Crippen molar-refractivity contribution in [1.29, 1.82) is 0 Å². The van der Waals surface area contributed by atoms with E-state index in [0.29, 0.717) is 10.7 Å². The Morgan fingerprint density at radius 3 is 2.61 bits per heavy atom. The highest BCUT2D eigenvalue weighted by Crippen LogP contribution is 2.25. The Bertz CT molecular complexity index is 927. The highest BCUT2D eigenvalue weighted by atomic mass is 35.5. The summed E-state index contributed by atoms with van der Waals surface area (Å²) < 4.78 is 32.8. The number of sulfonamides is 1. The van der Waals surface area contributed by atoms with Gasteiger partial charge in [-0.15, -0.1) is 0 Å². The third-order valence-corrected chi connectivity index (χ3v) is 6.17. The molecule has 2 aromatic rings. The van der Waals surface area contributed by atoms with Crippen molar-refractivity contribution < 1.29 is 17.9 Å². The first-order valence-corrected chi connectivity index (χ1v) is 11.1. The normalized spacial score (nSPS) is 14.8. The van der Waals surface area contributed by atoms with E-state index in [1.165, 1.54) is 25.0 Å². The highest BCUT2D eigenvalue weighted by Gasteiger charge is 2.17. The molecule has 1 aliphatic rings. The van der Waals surface area contributed by atoms with Crippen molar-refractivity contribution in [2.24, 2.45) is 0 Å². The van der Waals surface area contributed by atoms with E-state index in [9.17, 15) is 13.2 Å². The van der Waals surface area contributed by atoms with Gasteiger partial charge in [0.15, 0.2) is 0 Å². The van der Waals surface area contributed by atoms with Gasteiger partial charge in [0, 0.05) is 29.7 Å². The van der Waals surface area contributed by atoms with Gasteiger partial charge in [0.1, 0.15) is 5.75 Å². The zero-order valence-electron chi connectivity index (χ0n) is 15.4. The number of hydrogen-bond donors (Lipinski definition) is 2. The monoisotopic (exact) mass is 422 g/mol. The highest BCUT2D eigenvalue weighted by molar-refractivity contribution is 7.89. The predicted molar refractivity (Wildman–Crippen MR) is 109 cm³/mol. The van der Waals surface area contributed by atoms with E-state index in [1.807, 2.05) is 12.1 Å². The van der Waals surface area contributed by atoms with Gasteiger partial charge in [0.2, 0.25) is 15.9 Å². The molecule has 6 nitrogen and oxygen atoms in total. The van der Waals surface area contributed by atoms with Crippen LogP contribution in [0.15, 0.2) is 53.4 Å². The minimum Gasteiger partial charge on any atom is -0.490 e.